The molecule has 8 nitrogen and oxygen atoms in total. The van der Waals surface area contributed by atoms with E-state index in [1.165, 1.54) is 6.33 Å². The number of aromatic nitrogens is 2. The molecule has 0 aromatic carbocycles. The van der Waals surface area contributed by atoms with Gasteiger partial charge in [-0.25, -0.2) is 15.8 Å². The van der Waals surface area contributed by atoms with Gasteiger partial charge < -0.3 is 10.3 Å². The van der Waals surface area contributed by atoms with Crippen molar-refractivity contribution in [3.05, 3.63) is 16.4 Å². The molecule has 0 radical (unpaired) electrons. The van der Waals surface area contributed by atoms with Gasteiger partial charge in [0.15, 0.2) is 0 Å². The highest BCUT2D eigenvalue weighted by Crippen LogP contribution is 2.37. The Morgan fingerprint density at radius 3 is 2.75 bits per heavy atom. The Hall–Kier alpha value is -1.96. The van der Waals surface area contributed by atoms with Gasteiger partial charge in [-0.3, -0.25) is 10.1 Å². The Bertz CT molecular complexity index is 509. The highest BCUT2D eigenvalue weighted by Gasteiger charge is 2.35. The van der Waals surface area contributed by atoms with Crippen LogP contribution >= 0.6 is 0 Å². The van der Waals surface area contributed by atoms with Crippen LogP contribution in [0.25, 0.3) is 0 Å². The van der Waals surface area contributed by atoms with E-state index >= 15 is 0 Å². The van der Waals surface area contributed by atoms with Gasteiger partial charge in [-0.15, -0.1) is 0 Å². The summed E-state index contributed by atoms with van der Waals surface area (Å²) in [7, 11) is 0. The second-order valence-electron chi connectivity index (χ2n) is 5.51. The van der Waals surface area contributed by atoms with Crippen molar-refractivity contribution in [2.75, 3.05) is 16.9 Å². The fourth-order valence-corrected chi connectivity index (χ4v) is 2.85. The van der Waals surface area contributed by atoms with E-state index < -0.39 is 4.92 Å². The van der Waals surface area contributed by atoms with Gasteiger partial charge in [0.2, 0.25) is 11.6 Å². The molecule has 0 amide bonds. The number of piperidine rings is 1. The Morgan fingerprint density at radius 2 is 2.15 bits per heavy atom. The van der Waals surface area contributed by atoms with Crippen molar-refractivity contribution in [3.8, 4) is 0 Å². The lowest BCUT2D eigenvalue weighted by atomic mass is 9.86. The van der Waals surface area contributed by atoms with Crippen molar-refractivity contribution in [2.24, 2.45) is 17.7 Å². The molecule has 1 aliphatic rings. The largest absolute Gasteiger partial charge is 0.354 e. The molecule has 20 heavy (non-hydrogen) atoms. The van der Waals surface area contributed by atoms with Crippen LogP contribution in [0.1, 0.15) is 27.2 Å². The lowest BCUT2D eigenvalue weighted by Crippen LogP contribution is -2.46. The first kappa shape index (κ1) is 14.4. The number of hydrazine groups is 1. The molecule has 3 atom stereocenters. The molecule has 0 saturated carbocycles. The molecule has 8 heteroatoms. The van der Waals surface area contributed by atoms with E-state index in [4.69, 9.17) is 5.84 Å². The van der Waals surface area contributed by atoms with E-state index in [1.807, 2.05) is 4.90 Å². The molecule has 0 bridgehead atoms. The van der Waals surface area contributed by atoms with E-state index in [1.54, 1.807) is 0 Å². The summed E-state index contributed by atoms with van der Waals surface area (Å²) in [6.07, 6.45) is 2.41. The normalized spacial score (nSPS) is 26.4. The van der Waals surface area contributed by atoms with E-state index in [-0.39, 0.29) is 17.5 Å². The van der Waals surface area contributed by atoms with Crippen LogP contribution in [0, 0.1) is 22.0 Å². The predicted octanol–water partition coefficient (Wildman–Crippen LogP) is 1.54. The summed E-state index contributed by atoms with van der Waals surface area (Å²) in [5, 5.41) is 11.3. The van der Waals surface area contributed by atoms with Crippen LogP contribution in [0.3, 0.4) is 0 Å². The third-order valence-corrected chi connectivity index (χ3v) is 3.99. The SMILES string of the molecule is CC1CC(C)C(C)N(c2ncnc(NN)c2[N+](=O)[O-])C1. The van der Waals surface area contributed by atoms with Crippen LogP contribution in [0.2, 0.25) is 0 Å². The first-order chi connectivity index (χ1) is 9.45. The Balaban J connectivity index is 2.48. The molecule has 2 rings (SSSR count). The zero-order chi connectivity index (χ0) is 14.9. The number of hydrogen-bond donors (Lipinski definition) is 2. The molecule has 0 spiro atoms. The molecule has 1 aliphatic heterocycles. The van der Waals surface area contributed by atoms with Crippen LogP contribution in [-0.4, -0.2) is 27.5 Å². The number of nitrogens with one attached hydrogen (secondary N) is 1. The number of rotatable bonds is 3. The zero-order valence-corrected chi connectivity index (χ0v) is 11.9. The van der Waals surface area contributed by atoms with Crippen molar-refractivity contribution in [2.45, 2.75) is 33.2 Å². The number of nitrogens with zero attached hydrogens (tertiary/aromatic N) is 4. The van der Waals surface area contributed by atoms with Crippen molar-refractivity contribution >= 4 is 17.3 Å². The summed E-state index contributed by atoms with van der Waals surface area (Å²) >= 11 is 0. The molecular formula is C12H20N6O2. The van der Waals surface area contributed by atoms with Gasteiger partial charge in [0.25, 0.3) is 0 Å². The van der Waals surface area contributed by atoms with Crippen LogP contribution in [0.4, 0.5) is 17.3 Å². The third-order valence-electron chi connectivity index (χ3n) is 3.99. The topological polar surface area (TPSA) is 110 Å². The summed E-state index contributed by atoms with van der Waals surface area (Å²) in [5.41, 5.74) is 2.11. The zero-order valence-electron chi connectivity index (χ0n) is 11.9. The monoisotopic (exact) mass is 280 g/mol. The van der Waals surface area contributed by atoms with Gasteiger partial charge >= 0.3 is 5.69 Å². The van der Waals surface area contributed by atoms with Crippen molar-refractivity contribution in [3.63, 3.8) is 0 Å². The van der Waals surface area contributed by atoms with E-state index in [0.717, 1.165) is 13.0 Å². The summed E-state index contributed by atoms with van der Waals surface area (Å²) < 4.78 is 0. The average Bonchev–Trinajstić information content (AvgIpc) is 2.41. The fourth-order valence-electron chi connectivity index (χ4n) is 2.85. The molecule has 1 fully saturated rings. The number of nitro groups is 1. The van der Waals surface area contributed by atoms with Gasteiger partial charge in [-0.05, 0) is 25.2 Å². The van der Waals surface area contributed by atoms with Gasteiger partial charge in [0.05, 0.1) is 4.92 Å². The number of hydrogen-bond acceptors (Lipinski definition) is 7. The van der Waals surface area contributed by atoms with Crippen molar-refractivity contribution in [1.29, 1.82) is 0 Å². The molecule has 3 N–H and O–H groups in total. The Morgan fingerprint density at radius 1 is 1.45 bits per heavy atom. The minimum absolute atomic E-state index is 0.0399. The number of nitrogens with two attached hydrogens (primary N) is 1. The van der Waals surface area contributed by atoms with Crippen LogP contribution in [0.5, 0.6) is 0 Å². The van der Waals surface area contributed by atoms with Gasteiger partial charge in [-0.2, -0.15) is 0 Å². The Labute approximate surface area is 117 Å². The molecule has 1 aromatic heterocycles. The summed E-state index contributed by atoms with van der Waals surface area (Å²) in [4.78, 5) is 20.8. The van der Waals surface area contributed by atoms with Crippen LogP contribution in [-0.2, 0) is 0 Å². The minimum atomic E-state index is -0.485. The predicted molar refractivity (Wildman–Crippen MR) is 76.2 cm³/mol. The highest BCUT2D eigenvalue weighted by molar-refractivity contribution is 5.70. The molecule has 110 valence electrons. The van der Waals surface area contributed by atoms with Gasteiger partial charge in [-0.1, -0.05) is 13.8 Å². The van der Waals surface area contributed by atoms with Crippen LogP contribution in [0.15, 0.2) is 6.33 Å². The first-order valence-corrected chi connectivity index (χ1v) is 6.68. The van der Waals surface area contributed by atoms with Crippen LogP contribution < -0.4 is 16.2 Å². The molecule has 2 heterocycles. The van der Waals surface area contributed by atoms with Gasteiger partial charge in [0.1, 0.15) is 6.33 Å². The average molecular weight is 280 g/mol. The number of anilines is 2. The first-order valence-electron chi connectivity index (χ1n) is 6.68. The summed E-state index contributed by atoms with van der Waals surface area (Å²) in [6, 6.07) is 0.186. The highest BCUT2D eigenvalue weighted by atomic mass is 16.6. The standard InChI is InChI=1S/C12H20N6O2/c1-7-4-8(2)9(3)17(5-7)12-10(18(19)20)11(16-13)14-6-15-12/h6-9H,4-5,13H2,1-3H3,(H,14,15,16). The molecule has 1 aromatic rings. The second kappa shape index (κ2) is 5.58. The molecule has 1 saturated heterocycles. The number of nitrogen functional groups attached to an aromatic ring is 1. The summed E-state index contributed by atoms with van der Waals surface area (Å²) in [6.45, 7) is 7.11. The maximum absolute atomic E-state index is 11.3. The fraction of sp³-hybridized carbons (Fsp3) is 0.667. The maximum Gasteiger partial charge on any atom is 0.354 e. The van der Waals surface area contributed by atoms with Crippen molar-refractivity contribution in [1.82, 2.24) is 9.97 Å². The van der Waals surface area contributed by atoms with Crippen molar-refractivity contribution < 1.29 is 4.92 Å². The molecule has 3 unspecified atom stereocenters. The maximum atomic E-state index is 11.3. The van der Waals surface area contributed by atoms with E-state index in [0.29, 0.717) is 17.7 Å². The second-order valence-corrected chi connectivity index (χ2v) is 5.51. The molecular weight excluding hydrogens is 260 g/mol. The minimum Gasteiger partial charge on any atom is -0.347 e. The summed E-state index contributed by atoms with van der Waals surface area (Å²) in [5.74, 6) is 6.60. The van der Waals surface area contributed by atoms with E-state index in [2.05, 4.69) is 36.2 Å². The quantitative estimate of drug-likeness (QED) is 0.491. The lowest BCUT2D eigenvalue weighted by molar-refractivity contribution is -0.383. The van der Waals surface area contributed by atoms with E-state index in [9.17, 15) is 10.1 Å². The van der Waals surface area contributed by atoms with Gasteiger partial charge in [0, 0.05) is 12.6 Å². The molecule has 0 aliphatic carbocycles. The smallest absolute Gasteiger partial charge is 0.347 e. The third kappa shape index (κ3) is 2.51. The lowest BCUT2D eigenvalue weighted by Gasteiger charge is -2.41. The Kier molecular flexibility index (Phi) is 4.03.